The van der Waals surface area contributed by atoms with Crippen LogP contribution in [-0.2, 0) is 25.9 Å². The van der Waals surface area contributed by atoms with Gasteiger partial charge in [-0.15, -0.1) is 0 Å². The summed E-state index contributed by atoms with van der Waals surface area (Å²) in [6.45, 7) is 5.04. The van der Waals surface area contributed by atoms with Gasteiger partial charge in [0, 0.05) is 5.56 Å². The van der Waals surface area contributed by atoms with Crippen molar-refractivity contribution in [3.8, 4) is 0 Å². The molecule has 0 bridgehead atoms. The summed E-state index contributed by atoms with van der Waals surface area (Å²) in [4.78, 5) is 16.8. The fourth-order valence-electron chi connectivity index (χ4n) is 3.02. The van der Waals surface area contributed by atoms with Crippen LogP contribution in [0.4, 0.5) is 0 Å². The van der Waals surface area contributed by atoms with Gasteiger partial charge in [-0.1, -0.05) is 13.0 Å². The van der Waals surface area contributed by atoms with Crippen LogP contribution in [-0.4, -0.2) is 30.6 Å². The van der Waals surface area contributed by atoms with E-state index in [0.29, 0.717) is 16.7 Å². The largest absolute Gasteiger partial charge is 0.397 e. The molecule has 1 aromatic rings. The monoisotopic (exact) mass is 330 g/mol. The molecule has 122 valence electrons. The van der Waals surface area contributed by atoms with E-state index in [9.17, 15) is 13.2 Å². The number of fused-ring (bicyclic) bond motifs is 1. The zero-order chi connectivity index (χ0) is 16.7. The fraction of sp³-hybridized carbons (Fsp3) is 0.500. The molecule has 8 heteroatoms. The van der Waals surface area contributed by atoms with Crippen LogP contribution in [0.15, 0.2) is 6.07 Å². The molecule has 0 aliphatic heterocycles. The van der Waals surface area contributed by atoms with Crippen molar-refractivity contribution < 1.29 is 32.1 Å². The maximum Gasteiger partial charge on any atom is 0.397 e. The van der Waals surface area contributed by atoms with E-state index in [1.54, 1.807) is 19.9 Å². The topological polar surface area (TPSA) is 110 Å². The SMILES string of the molecule is Cc1cc2c(c(C)c1CCOS(=O)(=O)O)C(=O)[C@H](C)[C@@H]2OO. The van der Waals surface area contributed by atoms with Gasteiger partial charge in [-0.05, 0) is 42.5 Å². The van der Waals surface area contributed by atoms with Gasteiger partial charge < -0.3 is 0 Å². The number of hydrogen-bond donors (Lipinski definition) is 2. The Morgan fingerprint density at radius 1 is 1.32 bits per heavy atom. The van der Waals surface area contributed by atoms with Gasteiger partial charge in [0.2, 0.25) is 0 Å². The van der Waals surface area contributed by atoms with Crippen LogP contribution in [0, 0.1) is 19.8 Å². The Morgan fingerprint density at radius 2 is 1.95 bits per heavy atom. The third-order valence-corrected chi connectivity index (χ3v) is 4.55. The Morgan fingerprint density at radius 3 is 2.50 bits per heavy atom. The lowest BCUT2D eigenvalue weighted by Crippen LogP contribution is -2.11. The quantitative estimate of drug-likeness (QED) is 0.483. The van der Waals surface area contributed by atoms with Gasteiger partial charge in [-0.25, -0.2) is 9.07 Å². The van der Waals surface area contributed by atoms with Crippen molar-refractivity contribution in [1.29, 1.82) is 0 Å². The molecule has 0 saturated heterocycles. The second-order valence-corrected chi connectivity index (χ2v) is 6.53. The number of benzene rings is 1. The predicted molar refractivity (Wildman–Crippen MR) is 77.1 cm³/mol. The second-order valence-electron chi connectivity index (χ2n) is 5.44. The van der Waals surface area contributed by atoms with Gasteiger partial charge in [-0.2, -0.15) is 8.42 Å². The summed E-state index contributed by atoms with van der Waals surface area (Å²) in [6, 6.07) is 1.76. The van der Waals surface area contributed by atoms with Crippen LogP contribution in [0.25, 0.3) is 0 Å². The molecule has 0 heterocycles. The zero-order valence-corrected chi connectivity index (χ0v) is 13.3. The Hall–Kier alpha value is -1.32. The first-order chi connectivity index (χ1) is 10.2. The summed E-state index contributed by atoms with van der Waals surface area (Å²) >= 11 is 0. The molecule has 1 aliphatic carbocycles. The molecule has 0 fully saturated rings. The maximum atomic E-state index is 12.3. The minimum atomic E-state index is -4.48. The summed E-state index contributed by atoms with van der Waals surface area (Å²) < 4.78 is 34.1. The molecule has 2 atom stereocenters. The van der Waals surface area contributed by atoms with Crippen LogP contribution < -0.4 is 0 Å². The Bertz CT molecular complexity index is 708. The van der Waals surface area contributed by atoms with E-state index in [-0.39, 0.29) is 18.8 Å². The summed E-state index contributed by atoms with van der Waals surface area (Å²) in [5.74, 6) is -0.606. The van der Waals surface area contributed by atoms with Crippen molar-refractivity contribution in [2.75, 3.05) is 6.61 Å². The Kier molecular flexibility index (Phi) is 4.69. The third kappa shape index (κ3) is 3.06. The molecule has 0 unspecified atom stereocenters. The first-order valence-electron chi connectivity index (χ1n) is 6.76. The number of ketones is 1. The van der Waals surface area contributed by atoms with Gasteiger partial charge in [0.15, 0.2) is 5.78 Å². The van der Waals surface area contributed by atoms with Crippen LogP contribution in [0.2, 0.25) is 0 Å². The summed E-state index contributed by atoms with van der Waals surface area (Å²) in [7, 11) is -4.48. The smallest absolute Gasteiger partial charge is 0.294 e. The minimum absolute atomic E-state index is 0.122. The average molecular weight is 330 g/mol. The van der Waals surface area contributed by atoms with Crippen molar-refractivity contribution in [1.82, 2.24) is 0 Å². The standard InChI is InChI=1S/C14H18O7S/c1-7-6-11-12(13(15)9(3)14(11)21-16)8(2)10(7)4-5-20-22(17,18)19/h6,9,14,16H,4-5H2,1-3H3,(H,17,18,19)/t9-,14-/m0/s1. The van der Waals surface area contributed by atoms with Crippen molar-refractivity contribution in [2.45, 2.75) is 33.3 Å². The molecular weight excluding hydrogens is 312 g/mol. The Labute approximate surface area is 128 Å². The lowest BCUT2D eigenvalue weighted by molar-refractivity contribution is -0.287. The van der Waals surface area contributed by atoms with E-state index in [2.05, 4.69) is 9.07 Å². The molecule has 0 saturated carbocycles. The molecule has 0 aromatic heterocycles. The molecule has 0 radical (unpaired) electrons. The molecule has 2 N–H and O–H groups in total. The summed E-state index contributed by atoms with van der Waals surface area (Å²) in [6.07, 6.45) is -0.458. The summed E-state index contributed by atoms with van der Waals surface area (Å²) in [5, 5.41) is 9.02. The summed E-state index contributed by atoms with van der Waals surface area (Å²) in [5.41, 5.74) is 3.46. The number of carbonyl (C=O) groups excluding carboxylic acids is 1. The third-order valence-electron chi connectivity index (χ3n) is 4.08. The van der Waals surface area contributed by atoms with E-state index >= 15 is 0 Å². The van der Waals surface area contributed by atoms with Crippen LogP contribution in [0.3, 0.4) is 0 Å². The van der Waals surface area contributed by atoms with Crippen molar-refractivity contribution in [2.24, 2.45) is 5.92 Å². The molecular formula is C14H18O7S. The molecule has 1 aliphatic rings. The average Bonchev–Trinajstić information content (AvgIpc) is 2.64. The van der Waals surface area contributed by atoms with Gasteiger partial charge >= 0.3 is 10.4 Å². The van der Waals surface area contributed by atoms with Crippen LogP contribution in [0.1, 0.15) is 45.6 Å². The highest BCUT2D eigenvalue weighted by atomic mass is 32.3. The van der Waals surface area contributed by atoms with Crippen LogP contribution >= 0.6 is 0 Å². The van der Waals surface area contributed by atoms with Crippen molar-refractivity contribution in [3.05, 3.63) is 33.9 Å². The molecule has 0 amide bonds. The lowest BCUT2D eigenvalue weighted by atomic mass is 9.92. The van der Waals surface area contributed by atoms with E-state index in [1.165, 1.54) is 0 Å². The first kappa shape index (κ1) is 17.0. The highest BCUT2D eigenvalue weighted by Gasteiger charge is 2.40. The van der Waals surface area contributed by atoms with Gasteiger partial charge in [0.25, 0.3) is 0 Å². The maximum absolute atomic E-state index is 12.3. The highest BCUT2D eigenvalue weighted by Crippen LogP contribution is 2.41. The number of carbonyl (C=O) groups is 1. The number of hydrogen-bond acceptors (Lipinski definition) is 6. The minimum Gasteiger partial charge on any atom is -0.294 e. The Balaban J connectivity index is 2.38. The second kappa shape index (κ2) is 6.05. The van der Waals surface area contributed by atoms with E-state index < -0.39 is 22.4 Å². The molecule has 0 spiro atoms. The lowest BCUT2D eigenvalue weighted by Gasteiger charge is -2.15. The first-order valence-corrected chi connectivity index (χ1v) is 8.13. The molecule has 1 aromatic carbocycles. The highest BCUT2D eigenvalue weighted by molar-refractivity contribution is 7.80. The number of rotatable bonds is 5. The predicted octanol–water partition coefficient (Wildman–Crippen LogP) is 2.03. The number of aryl methyl sites for hydroxylation is 1. The molecule has 2 rings (SSSR count). The molecule has 7 nitrogen and oxygen atoms in total. The van der Waals surface area contributed by atoms with Crippen LogP contribution in [0.5, 0.6) is 0 Å². The van der Waals surface area contributed by atoms with Gasteiger partial charge in [0.05, 0.1) is 12.5 Å². The van der Waals surface area contributed by atoms with Gasteiger partial charge in [-0.3, -0.25) is 14.6 Å². The number of Topliss-reactive ketones (excluding diaryl/α,β-unsaturated/α-hetero) is 1. The van der Waals surface area contributed by atoms with Crippen molar-refractivity contribution >= 4 is 16.2 Å². The van der Waals surface area contributed by atoms with E-state index in [1.807, 2.05) is 6.92 Å². The van der Waals surface area contributed by atoms with Crippen molar-refractivity contribution in [3.63, 3.8) is 0 Å². The van der Waals surface area contributed by atoms with E-state index in [4.69, 9.17) is 9.81 Å². The zero-order valence-electron chi connectivity index (χ0n) is 12.5. The molecule has 22 heavy (non-hydrogen) atoms. The fourth-order valence-corrected chi connectivity index (χ4v) is 3.32. The van der Waals surface area contributed by atoms with Gasteiger partial charge in [0.1, 0.15) is 6.10 Å². The van der Waals surface area contributed by atoms with E-state index in [0.717, 1.165) is 11.1 Å². The normalized spacial score (nSPS) is 21.2.